The van der Waals surface area contributed by atoms with Crippen LogP contribution in [0.1, 0.15) is 16.2 Å². The number of tetrazole rings is 1. The van der Waals surface area contributed by atoms with E-state index in [4.69, 9.17) is 0 Å². The number of anilines is 1. The molecule has 0 aliphatic carbocycles. The van der Waals surface area contributed by atoms with Crippen molar-refractivity contribution in [1.29, 1.82) is 0 Å². The largest absolute Gasteiger partial charge is 0.545 e. The third kappa shape index (κ3) is 3.24. The number of aromatic nitrogens is 4. The van der Waals surface area contributed by atoms with Crippen molar-refractivity contribution in [1.82, 2.24) is 20.2 Å². The molecule has 0 saturated carbocycles. The van der Waals surface area contributed by atoms with Crippen molar-refractivity contribution in [2.45, 2.75) is 0 Å². The molecule has 0 aliphatic rings. The monoisotopic (exact) mass is 306 g/mol. The molecule has 0 unspecified atom stereocenters. The standard InChI is InChI=1S/C16H13N5O2/c22-16(23)13-8-4-5-9-14(13)17-11-10-15-18-19-20-21(15)12-6-2-1-3-7-12/h1-11,17H,(H,22,23)/p-1/b11-10+. The number of hydrogen-bond acceptors (Lipinski definition) is 6. The molecule has 0 fully saturated rings. The Balaban J connectivity index is 1.81. The Hall–Kier alpha value is -3.48. The third-order valence-electron chi connectivity index (χ3n) is 3.11. The normalized spacial score (nSPS) is 10.8. The van der Waals surface area contributed by atoms with E-state index in [9.17, 15) is 9.90 Å². The summed E-state index contributed by atoms with van der Waals surface area (Å²) in [5.41, 5.74) is 1.34. The Bertz CT molecular complexity index is 842. The molecule has 0 saturated heterocycles. The van der Waals surface area contributed by atoms with E-state index in [-0.39, 0.29) is 5.56 Å². The van der Waals surface area contributed by atoms with E-state index in [0.717, 1.165) is 5.69 Å². The molecule has 7 heteroatoms. The van der Waals surface area contributed by atoms with Crippen molar-refractivity contribution in [2.75, 3.05) is 5.32 Å². The number of hydrogen-bond donors (Lipinski definition) is 1. The van der Waals surface area contributed by atoms with Crippen molar-refractivity contribution < 1.29 is 9.90 Å². The van der Waals surface area contributed by atoms with Crippen LogP contribution in [0.4, 0.5) is 5.69 Å². The van der Waals surface area contributed by atoms with Crippen LogP contribution in [-0.2, 0) is 0 Å². The number of rotatable bonds is 5. The second-order valence-electron chi connectivity index (χ2n) is 4.60. The molecule has 3 aromatic rings. The fourth-order valence-electron chi connectivity index (χ4n) is 2.04. The van der Waals surface area contributed by atoms with Crippen LogP contribution in [0, 0.1) is 0 Å². The number of para-hydroxylation sites is 2. The Morgan fingerprint density at radius 2 is 1.83 bits per heavy atom. The summed E-state index contributed by atoms with van der Waals surface area (Å²) in [6.45, 7) is 0. The fourth-order valence-corrected chi connectivity index (χ4v) is 2.04. The third-order valence-corrected chi connectivity index (χ3v) is 3.11. The number of carboxylic acids is 1. The lowest BCUT2D eigenvalue weighted by Gasteiger charge is -2.09. The van der Waals surface area contributed by atoms with Gasteiger partial charge in [-0.3, -0.25) is 0 Å². The molecule has 1 heterocycles. The molecule has 0 aliphatic heterocycles. The zero-order valence-corrected chi connectivity index (χ0v) is 12.0. The Labute approximate surface area is 131 Å². The minimum absolute atomic E-state index is 0.0831. The van der Waals surface area contributed by atoms with Gasteiger partial charge in [-0.1, -0.05) is 36.4 Å². The van der Waals surface area contributed by atoms with Gasteiger partial charge in [0, 0.05) is 23.5 Å². The first-order valence-corrected chi connectivity index (χ1v) is 6.83. The van der Waals surface area contributed by atoms with Crippen LogP contribution < -0.4 is 10.4 Å². The van der Waals surface area contributed by atoms with Gasteiger partial charge in [-0.25, -0.2) is 0 Å². The first-order valence-electron chi connectivity index (χ1n) is 6.83. The van der Waals surface area contributed by atoms with Gasteiger partial charge < -0.3 is 15.2 Å². The van der Waals surface area contributed by atoms with E-state index in [2.05, 4.69) is 20.8 Å². The predicted molar refractivity (Wildman–Crippen MR) is 82.6 cm³/mol. The van der Waals surface area contributed by atoms with Gasteiger partial charge in [0.25, 0.3) is 0 Å². The van der Waals surface area contributed by atoms with Crippen molar-refractivity contribution in [3.63, 3.8) is 0 Å². The SMILES string of the molecule is O=C([O-])c1ccccc1N/C=C/c1nnnn1-c1ccccc1. The molecule has 23 heavy (non-hydrogen) atoms. The molecule has 0 amide bonds. The zero-order valence-electron chi connectivity index (χ0n) is 12.0. The lowest BCUT2D eigenvalue weighted by atomic mass is 10.2. The summed E-state index contributed by atoms with van der Waals surface area (Å²) < 4.78 is 1.57. The minimum atomic E-state index is -1.24. The summed E-state index contributed by atoms with van der Waals surface area (Å²) in [6, 6.07) is 15.9. The molecular weight excluding hydrogens is 294 g/mol. The number of carbonyl (C=O) groups is 1. The van der Waals surface area contributed by atoms with Crippen LogP contribution >= 0.6 is 0 Å². The molecule has 1 N–H and O–H groups in total. The van der Waals surface area contributed by atoms with Gasteiger partial charge in [-0.05, 0) is 28.6 Å². The molecule has 3 rings (SSSR count). The maximum Gasteiger partial charge on any atom is 0.181 e. The average molecular weight is 306 g/mol. The highest BCUT2D eigenvalue weighted by molar-refractivity contribution is 5.92. The van der Waals surface area contributed by atoms with Gasteiger partial charge >= 0.3 is 0 Å². The van der Waals surface area contributed by atoms with E-state index in [1.54, 1.807) is 35.2 Å². The average Bonchev–Trinajstić information content (AvgIpc) is 3.04. The second kappa shape index (κ2) is 6.52. The highest BCUT2D eigenvalue weighted by Crippen LogP contribution is 2.14. The van der Waals surface area contributed by atoms with E-state index in [1.807, 2.05) is 30.3 Å². The summed E-state index contributed by atoms with van der Waals surface area (Å²) in [4.78, 5) is 11.0. The van der Waals surface area contributed by atoms with Gasteiger partial charge in [0.15, 0.2) is 5.82 Å². The lowest BCUT2D eigenvalue weighted by molar-refractivity contribution is -0.254. The first-order chi connectivity index (χ1) is 11.3. The smallest absolute Gasteiger partial charge is 0.181 e. The van der Waals surface area contributed by atoms with Crippen LogP contribution in [0.2, 0.25) is 0 Å². The molecule has 0 spiro atoms. The summed E-state index contributed by atoms with van der Waals surface area (Å²) in [5.74, 6) is -0.731. The summed E-state index contributed by atoms with van der Waals surface area (Å²) >= 11 is 0. The molecule has 2 aromatic carbocycles. The maximum absolute atomic E-state index is 11.0. The number of carbonyl (C=O) groups excluding carboxylic acids is 1. The van der Waals surface area contributed by atoms with E-state index in [1.165, 1.54) is 6.07 Å². The predicted octanol–water partition coefficient (Wildman–Crippen LogP) is 1.11. The van der Waals surface area contributed by atoms with Gasteiger partial charge in [0.2, 0.25) is 0 Å². The second-order valence-corrected chi connectivity index (χ2v) is 4.60. The van der Waals surface area contributed by atoms with Crippen LogP contribution in [-0.4, -0.2) is 26.2 Å². The van der Waals surface area contributed by atoms with E-state index >= 15 is 0 Å². The first kappa shape index (κ1) is 14.5. The van der Waals surface area contributed by atoms with Crippen molar-refractivity contribution in [2.24, 2.45) is 0 Å². The van der Waals surface area contributed by atoms with Gasteiger partial charge in [-0.2, -0.15) is 4.68 Å². The van der Waals surface area contributed by atoms with Gasteiger partial charge in [0.1, 0.15) is 0 Å². The Morgan fingerprint density at radius 1 is 1.09 bits per heavy atom. The van der Waals surface area contributed by atoms with Crippen molar-refractivity contribution in [3.05, 3.63) is 72.2 Å². The van der Waals surface area contributed by atoms with Crippen molar-refractivity contribution in [3.8, 4) is 5.69 Å². The Kier molecular flexibility index (Phi) is 4.10. The molecule has 0 atom stereocenters. The molecule has 114 valence electrons. The summed E-state index contributed by atoms with van der Waals surface area (Å²) in [6.07, 6.45) is 3.23. The molecule has 7 nitrogen and oxygen atoms in total. The molecule has 0 bridgehead atoms. The summed E-state index contributed by atoms with van der Waals surface area (Å²) in [7, 11) is 0. The van der Waals surface area contributed by atoms with Crippen LogP contribution in [0.5, 0.6) is 0 Å². The van der Waals surface area contributed by atoms with E-state index in [0.29, 0.717) is 11.5 Å². The van der Waals surface area contributed by atoms with Crippen LogP contribution in [0.15, 0.2) is 60.8 Å². The molecular formula is C16H12N5O2-. The number of nitrogens with one attached hydrogen (secondary N) is 1. The van der Waals surface area contributed by atoms with E-state index < -0.39 is 5.97 Å². The van der Waals surface area contributed by atoms with Gasteiger partial charge in [0.05, 0.1) is 11.7 Å². The quantitative estimate of drug-likeness (QED) is 0.758. The fraction of sp³-hybridized carbons (Fsp3) is 0. The number of benzene rings is 2. The number of aromatic carboxylic acids is 1. The van der Waals surface area contributed by atoms with Gasteiger partial charge in [-0.15, -0.1) is 5.10 Å². The minimum Gasteiger partial charge on any atom is -0.545 e. The number of carboxylic acid groups (broad SMARTS) is 1. The van der Waals surface area contributed by atoms with Crippen LogP contribution in [0.3, 0.4) is 0 Å². The topological polar surface area (TPSA) is 95.8 Å². The highest BCUT2D eigenvalue weighted by Gasteiger charge is 2.04. The lowest BCUT2D eigenvalue weighted by Crippen LogP contribution is -2.23. The van der Waals surface area contributed by atoms with Crippen molar-refractivity contribution >= 4 is 17.7 Å². The molecule has 1 aromatic heterocycles. The zero-order chi connectivity index (χ0) is 16.1. The Morgan fingerprint density at radius 3 is 2.61 bits per heavy atom. The van der Waals surface area contributed by atoms with Crippen LogP contribution in [0.25, 0.3) is 11.8 Å². The molecule has 0 radical (unpaired) electrons. The number of nitrogens with zero attached hydrogens (tertiary/aromatic N) is 4. The summed E-state index contributed by atoms with van der Waals surface area (Å²) in [5, 5.41) is 25.5. The highest BCUT2D eigenvalue weighted by atomic mass is 16.4. The maximum atomic E-state index is 11.0.